The first-order valence-electron chi connectivity index (χ1n) is 7.73. The molecule has 2 saturated carbocycles. The molecule has 2 fully saturated rings. The van der Waals surface area contributed by atoms with Crippen molar-refractivity contribution in [1.29, 1.82) is 0 Å². The van der Waals surface area contributed by atoms with Crippen molar-refractivity contribution in [1.82, 2.24) is 0 Å². The van der Waals surface area contributed by atoms with E-state index < -0.39 is 0 Å². The molecule has 0 radical (unpaired) electrons. The van der Waals surface area contributed by atoms with Gasteiger partial charge in [0.05, 0.1) is 12.2 Å². The second-order valence-electron chi connectivity index (χ2n) is 6.97. The van der Waals surface area contributed by atoms with Crippen molar-refractivity contribution in [2.75, 3.05) is 6.61 Å². The predicted molar refractivity (Wildman–Crippen MR) is 73.1 cm³/mol. The lowest BCUT2D eigenvalue weighted by molar-refractivity contribution is -0.0804. The Morgan fingerprint density at radius 1 is 1.12 bits per heavy atom. The van der Waals surface area contributed by atoms with Gasteiger partial charge in [-0.1, -0.05) is 39.5 Å². The summed E-state index contributed by atoms with van der Waals surface area (Å²) >= 11 is 0. The summed E-state index contributed by atoms with van der Waals surface area (Å²) in [4.78, 5) is 0. The Hall–Kier alpha value is -0.0400. The molecular weight excluding hydrogens is 208 g/mol. The SMILES string of the molecule is CC1CCC(C)(OCC(C)C2CCCC2)CC1. The number of hydrogen-bond acceptors (Lipinski definition) is 1. The molecule has 0 saturated heterocycles. The third kappa shape index (κ3) is 3.71. The fourth-order valence-electron chi connectivity index (χ4n) is 3.51. The van der Waals surface area contributed by atoms with Gasteiger partial charge in [-0.05, 0) is 50.4 Å². The minimum atomic E-state index is 0.194. The Bertz CT molecular complexity index is 222. The van der Waals surface area contributed by atoms with Crippen LogP contribution in [0.3, 0.4) is 0 Å². The van der Waals surface area contributed by atoms with Crippen molar-refractivity contribution in [3.63, 3.8) is 0 Å². The summed E-state index contributed by atoms with van der Waals surface area (Å²) in [6.45, 7) is 8.10. The molecule has 0 aromatic rings. The number of hydrogen-bond donors (Lipinski definition) is 0. The number of ether oxygens (including phenoxy) is 1. The molecule has 0 aromatic heterocycles. The molecule has 0 amide bonds. The summed E-state index contributed by atoms with van der Waals surface area (Å²) < 4.78 is 6.29. The van der Waals surface area contributed by atoms with Crippen LogP contribution in [-0.4, -0.2) is 12.2 Å². The van der Waals surface area contributed by atoms with E-state index in [0.29, 0.717) is 0 Å². The average Bonchev–Trinajstić information content (AvgIpc) is 2.84. The lowest BCUT2D eigenvalue weighted by atomic mass is 9.80. The molecule has 2 aliphatic carbocycles. The second kappa shape index (κ2) is 5.73. The molecule has 0 spiro atoms. The van der Waals surface area contributed by atoms with Crippen LogP contribution >= 0.6 is 0 Å². The van der Waals surface area contributed by atoms with Gasteiger partial charge in [-0.2, -0.15) is 0 Å². The maximum absolute atomic E-state index is 6.29. The average molecular weight is 238 g/mol. The smallest absolute Gasteiger partial charge is 0.0654 e. The molecule has 1 atom stereocenters. The zero-order chi connectivity index (χ0) is 12.3. The summed E-state index contributed by atoms with van der Waals surface area (Å²) in [5.41, 5.74) is 0.194. The van der Waals surface area contributed by atoms with E-state index in [1.165, 1.54) is 51.4 Å². The van der Waals surface area contributed by atoms with Crippen LogP contribution in [-0.2, 0) is 4.74 Å². The standard InChI is InChI=1S/C16H30O/c1-13-8-10-16(3,11-9-13)17-12-14(2)15-6-4-5-7-15/h13-15H,4-12H2,1-3H3. The molecule has 100 valence electrons. The van der Waals surface area contributed by atoms with Crippen molar-refractivity contribution in [2.24, 2.45) is 17.8 Å². The van der Waals surface area contributed by atoms with Gasteiger partial charge in [-0.25, -0.2) is 0 Å². The molecular formula is C16H30O. The van der Waals surface area contributed by atoms with E-state index in [1.807, 2.05) is 0 Å². The van der Waals surface area contributed by atoms with Crippen LogP contribution in [0.2, 0.25) is 0 Å². The second-order valence-corrected chi connectivity index (χ2v) is 6.97. The van der Waals surface area contributed by atoms with Crippen LogP contribution < -0.4 is 0 Å². The van der Waals surface area contributed by atoms with E-state index in [4.69, 9.17) is 4.74 Å². The summed E-state index contributed by atoms with van der Waals surface area (Å²) in [5.74, 6) is 2.63. The number of rotatable bonds is 4. The van der Waals surface area contributed by atoms with E-state index in [1.54, 1.807) is 0 Å². The predicted octanol–water partition coefficient (Wildman–Crippen LogP) is 4.80. The molecule has 2 rings (SSSR count). The normalized spacial score (nSPS) is 37.2. The van der Waals surface area contributed by atoms with Gasteiger partial charge in [0, 0.05) is 0 Å². The van der Waals surface area contributed by atoms with Crippen LogP contribution in [0, 0.1) is 17.8 Å². The molecule has 0 aliphatic heterocycles. The lowest BCUT2D eigenvalue weighted by Crippen LogP contribution is -2.35. The largest absolute Gasteiger partial charge is 0.375 e. The van der Waals surface area contributed by atoms with Crippen molar-refractivity contribution in [2.45, 2.75) is 77.7 Å². The Morgan fingerprint density at radius 3 is 2.29 bits per heavy atom. The van der Waals surface area contributed by atoms with Crippen LogP contribution in [0.25, 0.3) is 0 Å². The van der Waals surface area contributed by atoms with Crippen LogP contribution in [0.4, 0.5) is 0 Å². The van der Waals surface area contributed by atoms with Gasteiger partial charge in [0.1, 0.15) is 0 Å². The van der Waals surface area contributed by atoms with Gasteiger partial charge in [0.2, 0.25) is 0 Å². The molecule has 1 nitrogen and oxygen atoms in total. The van der Waals surface area contributed by atoms with E-state index in [9.17, 15) is 0 Å². The van der Waals surface area contributed by atoms with E-state index in [-0.39, 0.29) is 5.60 Å². The zero-order valence-electron chi connectivity index (χ0n) is 12.0. The fourth-order valence-corrected chi connectivity index (χ4v) is 3.51. The highest BCUT2D eigenvalue weighted by molar-refractivity contribution is 4.83. The van der Waals surface area contributed by atoms with Gasteiger partial charge < -0.3 is 4.74 Å². The van der Waals surface area contributed by atoms with Crippen molar-refractivity contribution < 1.29 is 4.74 Å². The minimum absolute atomic E-state index is 0.194. The lowest BCUT2D eigenvalue weighted by Gasteiger charge is -2.37. The Labute approximate surface area is 107 Å². The Balaban J connectivity index is 1.73. The van der Waals surface area contributed by atoms with Crippen molar-refractivity contribution in [3.8, 4) is 0 Å². The van der Waals surface area contributed by atoms with E-state index >= 15 is 0 Å². The molecule has 0 aromatic carbocycles. The molecule has 0 heterocycles. The first-order valence-corrected chi connectivity index (χ1v) is 7.73. The topological polar surface area (TPSA) is 9.23 Å². The van der Waals surface area contributed by atoms with Crippen LogP contribution in [0.1, 0.15) is 72.1 Å². The van der Waals surface area contributed by atoms with Gasteiger partial charge in [-0.3, -0.25) is 0 Å². The Kier molecular flexibility index (Phi) is 4.52. The Morgan fingerprint density at radius 2 is 1.71 bits per heavy atom. The maximum Gasteiger partial charge on any atom is 0.0654 e. The molecule has 2 aliphatic rings. The van der Waals surface area contributed by atoms with Gasteiger partial charge in [0.25, 0.3) is 0 Å². The van der Waals surface area contributed by atoms with E-state index in [0.717, 1.165) is 24.4 Å². The third-order valence-corrected chi connectivity index (χ3v) is 5.23. The molecule has 0 bridgehead atoms. The summed E-state index contributed by atoms with van der Waals surface area (Å²) in [7, 11) is 0. The van der Waals surface area contributed by atoms with Crippen molar-refractivity contribution >= 4 is 0 Å². The highest BCUT2D eigenvalue weighted by atomic mass is 16.5. The molecule has 17 heavy (non-hydrogen) atoms. The first kappa shape index (κ1) is 13.4. The summed E-state index contributed by atoms with van der Waals surface area (Å²) in [6.07, 6.45) is 11.0. The van der Waals surface area contributed by atoms with E-state index in [2.05, 4.69) is 20.8 Å². The fraction of sp³-hybridized carbons (Fsp3) is 1.00. The van der Waals surface area contributed by atoms with Crippen molar-refractivity contribution in [3.05, 3.63) is 0 Å². The molecule has 1 unspecified atom stereocenters. The highest BCUT2D eigenvalue weighted by Crippen LogP contribution is 2.36. The monoisotopic (exact) mass is 238 g/mol. The molecule has 1 heteroatoms. The first-order chi connectivity index (χ1) is 8.09. The highest BCUT2D eigenvalue weighted by Gasteiger charge is 2.31. The molecule has 0 N–H and O–H groups in total. The minimum Gasteiger partial charge on any atom is -0.375 e. The van der Waals surface area contributed by atoms with Crippen LogP contribution in [0.15, 0.2) is 0 Å². The quantitative estimate of drug-likeness (QED) is 0.683. The van der Waals surface area contributed by atoms with Crippen LogP contribution in [0.5, 0.6) is 0 Å². The van der Waals surface area contributed by atoms with Gasteiger partial charge in [-0.15, -0.1) is 0 Å². The maximum atomic E-state index is 6.29. The third-order valence-electron chi connectivity index (χ3n) is 5.23. The van der Waals surface area contributed by atoms with Gasteiger partial charge >= 0.3 is 0 Å². The summed E-state index contributed by atoms with van der Waals surface area (Å²) in [6, 6.07) is 0. The van der Waals surface area contributed by atoms with Gasteiger partial charge in [0.15, 0.2) is 0 Å². The zero-order valence-corrected chi connectivity index (χ0v) is 12.0. The summed E-state index contributed by atoms with van der Waals surface area (Å²) in [5, 5.41) is 0.